The van der Waals surface area contributed by atoms with Gasteiger partial charge in [0.25, 0.3) is 0 Å². The van der Waals surface area contributed by atoms with E-state index < -0.39 is 5.97 Å². The number of amides is 1. The van der Waals surface area contributed by atoms with Crippen LogP contribution in [-0.4, -0.2) is 35.6 Å². The molecule has 242 valence electrons. The van der Waals surface area contributed by atoms with Gasteiger partial charge in [0.1, 0.15) is 12.6 Å². The average molecular weight is 590 g/mol. The van der Waals surface area contributed by atoms with Crippen LogP contribution in [0.5, 0.6) is 0 Å². The van der Waals surface area contributed by atoms with Crippen LogP contribution in [-0.2, 0) is 19.1 Å². The fraction of sp³-hybridized carbons (Fsp3) is 0.750. The van der Waals surface area contributed by atoms with E-state index in [1.54, 1.807) is 0 Å². The SMILES string of the molecule is CCCC/C=C\C(CCCCCCC(=O)NCC(=O)O)OC(=O)CCCCCCCCC/C=C\C/C=C\CCCCC. The number of rotatable bonds is 30. The Labute approximate surface area is 257 Å². The van der Waals surface area contributed by atoms with E-state index in [-0.39, 0.29) is 24.5 Å². The molecule has 0 saturated heterocycles. The van der Waals surface area contributed by atoms with Gasteiger partial charge in [-0.15, -0.1) is 0 Å². The zero-order valence-electron chi connectivity index (χ0n) is 27.1. The molecule has 1 unspecified atom stereocenters. The van der Waals surface area contributed by atoms with E-state index in [9.17, 15) is 14.4 Å². The largest absolute Gasteiger partial charge is 0.480 e. The number of carbonyl (C=O) groups excluding carboxylic acids is 2. The van der Waals surface area contributed by atoms with Gasteiger partial charge in [-0.05, 0) is 70.3 Å². The van der Waals surface area contributed by atoms with Gasteiger partial charge in [-0.2, -0.15) is 0 Å². The first-order valence-electron chi connectivity index (χ1n) is 17.1. The van der Waals surface area contributed by atoms with Crippen molar-refractivity contribution in [3.05, 3.63) is 36.5 Å². The van der Waals surface area contributed by atoms with Crippen LogP contribution in [0.1, 0.15) is 162 Å². The molecule has 0 aromatic rings. The summed E-state index contributed by atoms with van der Waals surface area (Å²) in [6, 6.07) is 0. The average Bonchev–Trinajstić information content (AvgIpc) is 2.97. The molecule has 0 aromatic heterocycles. The molecule has 0 aliphatic carbocycles. The number of allylic oxidation sites excluding steroid dienone is 5. The van der Waals surface area contributed by atoms with Gasteiger partial charge in [0.05, 0.1) is 0 Å². The van der Waals surface area contributed by atoms with Gasteiger partial charge >= 0.3 is 11.9 Å². The summed E-state index contributed by atoms with van der Waals surface area (Å²) in [5.74, 6) is -1.35. The number of esters is 1. The third-order valence-corrected chi connectivity index (χ3v) is 7.27. The van der Waals surface area contributed by atoms with Crippen LogP contribution >= 0.6 is 0 Å². The van der Waals surface area contributed by atoms with Gasteiger partial charge in [-0.25, -0.2) is 0 Å². The van der Waals surface area contributed by atoms with Gasteiger partial charge in [0.2, 0.25) is 5.91 Å². The molecule has 0 heterocycles. The number of carbonyl (C=O) groups is 3. The van der Waals surface area contributed by atoms with Crippen molar-refractivity contribution < 1.29 is 24.2 Å². The Morgan fingerprint density at radius 3 is 1.83 bits per heavy atom. The maximum atomic E-state index is 12.5. The number of nitrogens with one attached hydrogen (secondary N) is 1. The van der Waals surface area contributed by atoms with Crippen molar-refractivity contribution in [1.82, 2.24) is 5.32 Å². The summed E-state index contributed by atoms with van der Waals surface area (Å²) in [6.45, 7) is 4.08. The molecule has 0 saturated carbocycles. The van der Waals surface area contributed by atoms with E-state index >= 15 is 0 Å². The monoisotopic (exact) mass is 589 g/mol. The topological polar surface area (TPSA) is 92.7 Å². The zero-order chi connectivity index (χ0) is 30.9. The predicted molar refractivity (Wildman–Crippen MR) is 175 cm³/mol. The van der Waals surface area contributed by atoms with Gasteiger partial charge in [0.15, 0.2) is 0 Å². The number of ether oxygens (including phenoxy) is 1. The number of aliphatic carboxylic acids is 1. The molecule has 6 nitrogen and oxygen atoms in total. The Morgan fingerprint density at radius 2 is 1.19 bits per heavy atom. The summed E-state index contributed by atoms with van der Waals surface area (Å²) in [4.78, 5) is 34.6. The van der Waals surface area contributed by atoms with Crippen LogP contribution in [0.4, 0.5) is 0 Å². The van der Waals surface area contributed by atoms with Crippen LogP contribution in [0.3, 0.4) is 0 Å². The minimum Gasteiger partial charge on any atom is -0.480 e. The van der Waals surface area contributed by atoms with E-state index in [0.717, 1.165) is 70.6 Å². The number of hydrogen-bond acceptors (Lipinski definition) is 4. The highest BCUT2D eigenvalue weighted by molar-refractivity contribution is 5.80. The molecule has 0 rings (SSSR count). The minimum absolute atomic E-state index is 0.0992. The molecule has 42 heavy (non-hydrogen) atoms. The highest BCUT2D eigenvalue weighted by Gasteiger charge is 2.11. The van der Waals surface area contributed by atoms with E-state index in [4.69, 9.17) is 9.84 Å². The zero-order valence-corrected chi connectivity index (χ0v) is 27.1. The van der Waals surface area contributed by atoms with Crippen LogP contribution in [0, 0.1) is 0 Å². The molecule has 6 heteroatoms. The van der Waals surface area contributed by atoms with Gasteiger partial charge in [0, 0.05) is 12.8 Å². The van der Waals surface area contributed by atoms with Gasteiger partial charge in [-0.3, -0.25) is 14.4 Å². The highest BCUT2D eigenvalue weighted by atomic mass is 16.5. The Hall–Kier alpha value is -2.37. The second kappa shape index (κ2) is 31.6. The minimum atomic E-state index is -1.03. The Morgan fingerprint density at radius 1 is 0.643 bits per heavy atom. The lowest BCUT2D eigenvalue weighted by atomic mass is 10.1. The van der Waals surface area contributed by atoms with Gasteiger partial charge < -0.3 is 15.2 Å². The van der Waals surface area contributed by atoms with Crippen molar-refractivity contribution in [2.24, 2.45) is 0 Å². The van der Waals surface area contributed by atoms with Crippen LogP contribution in [0.25, 0.3) is 0 Å². The van der Waals surface area contributed by atoms with Crippen LogP contribution in [0.15, 0.2) is 36.5 Å². The first-order valence-corrected chi connectivity index (χ1v) is 17.1. The summed E-state index contributed by atoms with van der Waals surface area (Å²) in [5.41, 5.74) is 0. The molecule has 2 N–H and O–H groups in total. The van der Waals surface area contributed by atoms with E-state index in [1.165, 1.54) is 64.2 Å². The lowest BCUT2D eigenvalue weighted by Crippen LogP contribution is -2.28. The Balaban J connectivity index is 3.93. The predicted octanol–water partition coefficient (Wildman–Crippen LogP) is 9.78. The number of carboxylic acid groups (broad SMARTS) is 1. The van der Waals surface area contributed by atoms with E-state index in [1.807, 2.05) is 6.08 Å². The van der Waals surface area contributed by atoms with Crippen molar-refractivity contribution in [2.75, 3.05) is 6.54 Å². The second-order valence-corrected chi connectivity index (χ2v) is 11.4. The standard InChI is InChI=1S/C36H63NO5/c1-3-5-7-9-10-11-12-13-14-15-16-17-18-19-20-21-27-31-36(41)42-33(28-24-8-6-4-2)29-25-22-23-26-30-34(38)37-32-35(39)40/h10-11,13-14,24,28,33H,3-9,12,15-23,25-27,29-32H2,1-2H3,(H,37,38)(H,39,40)/b11-10-,14-13-,28-24-. The van der Waals surface area contributed by atoms with Gasteiger partial charge in [-0.1, -0.05) is 115 Å². The smallest absolute Gasteiger partial charge is 0.322 e. The molecule has 0 aliphatic rings. The number of hydrogen-bond donors (Lipinski definition) is 2. The maximum absolute atomic E-state index is 12.5. The van der Waals surface area contributed by atoms with Crippen LogP contribution in [0.2, 0.25) is 0 Å². The quantitative estimate of drug-likeness (QED) is 0.0494. The molecular formula is C36H63NO5. The molecule has 0 bridgehead atoms. The number of unbranched alkanes of at least 4 members (excludes halogenated alkanes) is 15. The van der Waals surface area contributed by atoms with Crippen molar-refractivity contribution in [1.29, 1.82) is 0 Å². The molecule has 1 atom stereocenters. The lowest BCUT2D eigenvalue weighted by molar-refractivity contribution is -0.147. The molecule has 0 aliphatic heterocycles. The summed E-state index contributed by atoms with van der Waals surface area (Å²) in [7, 11) is 0. The summed E-state index contributed by atoms with van der Waals surface area (Å²) in [5, 5.41) is 11.0. The van der Waals surface area contributed by atoms with Crippen molar-refractivity contribution >= 4 is 17.8 Å². The molecule has 0 fully saturated rings. The normalized spacial score (nSPS) is 12.4. The summed E-state index contributed by atoms with van der Waals surface area (Å²) < 4.78 is 5.80. The Bertz CT molecular complexity index is 743. The fourth-order valence-corrected chi connectivity index (χ4v) is 4.67. The molecule has 0 aromatic carbocycles. The first-order chi connectivity index (χ1) is 20.5. The Kier molecular flexibility index (Phi) is 29.8. The third-order valence-electron chi connectivity index (χ3n) is 7.27. The lowest BCUT2D eigenvalue weighted by Gasteiger charge is -2.15. The molecule has 0 radical (unpaired) electrons. The van der Waals surface area contributed by atoms with E-state index in [2.05, 4.69) is 49.5 Å². The first kappa shape index (κ1) is 39.6. The summed E-state index contributed by atoms with van der Waals surface area (Å²) in [6.07, 6.45) is 37.2. The van der Waals surface area contributed by atoms with E-state index in [0.29, 0.717) is 12.8 Å². The maximum Gasteiger partial charge on any atom is 0.322 e. The van der Waals surface area contributed by atoms with Crippen molar-refractivity contribution in [3.63, 3.8) is 0 Å². The second-order valence-electron chi connectivity index (χ2n) is 11.4. The molecule has 1 amide bonds. The third kappa shape index (κ3) is 30.6. The highest BCUT2D eigenvalue weighted by Crippen LogP contribution is 2.15. The molecule has 0 spiro atoms. The number of carboxylic acids is 1. The summed E-state index contributed by atoms with van der Waals surface area (Å²) >= 11 is 0. The van der Waals surface area contributed by atoms with Crippen molar-refractivity contribution in [2.45, 2.75) is 168 Å². The fourth-order valence-electron chi connectivity index (χ4n) is 4.67. The van der Waals surface area contributed by atoms with Crippen molar-refractivity contribution in [3.8, 4) is 0 Å². The molecular weight excluding hydrogens is 526 g/mol. The van der Waals surface area contributed by atoms with Crippen LogP contribution < -0.4 is 5.32 Å².